The summed E-state index contributed by atoms with van der Waals surface area (Å²) >= 11 is 0. The molecule has 1 saturated carbocycles. The summed E-state index contributed by atoms with van der Waals surface area (Å²) in [5.41, 5.74) is 8.91. The molecule has 3 heteroatoms. The number of nitrogens with two attached hydrogens (primary N) is 1. The van der Waals surface area contributed by atoms with Crippen molar-refractivity contribution in [1.29, 1.82) is 0 Å². The van der Waals surface area contributed by atoms with Crippen molar-refractivity contribution in [2.75, 3.05) is 12.3 Å². The number of rotatable bonds is 5. The molecule has 1 aromatic heterocycles. The van der Waals surface area contributed by atoms with Gasteiger partial charge in [-0.1, -0.05) is 37.5 Å². The Morgan fingerprint density at radius 3 is 2.89 bits per heavy atom. The standard InChI is InChI=1S/C16H21N3/c17-15-10-13(11-18-9-8-12-4-3-5-12)19-16-7-2-1-6-14(15)16/h1-2,6-7,10,12,18H,3-5,8-9,11H2,(H2,17,19). The molecule has 100 valence electrons. The number of hydrogen-bond donors (Lipinski definition) is 2. The first kappa shape index (κ1) is 12.4. The highest BCUT2D eigenvalue weighted by molar-refractivity contribution is 5.90. The minimum Gasteiger partial charge on any atom is -0.398 e. The summed E-state index contributed by atoms with van der Waals surface area (Å²) in [5, 5.41) is 4.52. The van der Waals surface area contributed by atoms with Crippen molar-refractivity contribution < 1.29 is 0 Å². The molecule has 2 aromatic rings. The van der Waals surface area contributed by atoms with E-state index in [1.54, 1.807) is 0 Å². The summed E-state index contributed by atoms with van der Waals surface area (Å²) in [7, 11) is 0. The number of aromatic nitrogens is 1. The minimum absolute atomic E-state index is 0.807. The van der Waals surface area contributed by atoms with Gasteiger partial charge in [-0.15, -0.1) is 0 Å². The lowest BCUT2D eigenvalue weighted by Crippen LogP contribution is -2.21. The highest BCUT2D eigenvalue weighted by Crippen LogP contribution is 2.28. The van der Waals surface area contributed by atoms with E-state index in [1.165, 1.54) is 25.7 Å². The maximum Gasteiger partial charge on any atom is 0.0726 e. The van der Waals surface area contributed by atoms with Crippen LogP contribution in [0.25, 0.3) is 10.9 Å². The predicted molar refractivity (Wildman–Crippen MR) is 79.8 cm³/mol. The molecular formula is C16H21N3. The molecule has 0 unspecified atom stereocenters. The third-order valence-corrected chi connectivity index (χ3v) is 4.06. The summed E-state index contributed by atoms with van der Waals surface area (Å²) in [6.45, 7) is 1.89. The Kier molecular flexibility index (Phi) is 3.65. The Labute approximate surface area is 114 Å². The van der Waals surface area contributed by atoms with Crippen LogP contribution in [0.3, 0.4) is 0 Å². The molecule has 1 aliphatic rings. The zero-order chi connectivity index (χ0) is 13.1. The zero-order valence-corrected chi connectivity index (χ0v) is 11.2. The Morgan fingerprint density at radius 2 is 2.11 bits per heavy atom. The molecule has 0 atom stereocenters. The SMILES string of the molecule is Nc1cc(CNCCC2CCC2)nc2ccccc12. The molecule has 0 amide bonds. The molecular weight excluding hydrogens is 234 g/mol. The summed E-state index contributed by atoms with van der Waals surface area (Å²) in [6, 6.07) is 10.0. The molecule has 0 aliphatic heterocycles. The Balaban J connectivity index is 1.60. The normalized spacial score (nSPS) is 15.6. The number of nitrogens with zero attached hydrogens (tertiary/aromatic N) is 1. The number of fused-ring (bicyclic) bond motifs is 1. The number of pyridine rings is 1. The smallest absolute Gasteiger partial charge is 0.0726 e. The van der Waals surface area contributed by atoms with Crippen LogP contribution >= 0.6 is 0 Å². The summed E-state index contributed by atoms with van der Waals surface area (Å²) in [4.78, 5) is 4.64. The van der Waals surface area contributed by atoms with Crippen molar-refractivity contribution in [2.45, 2.75) is 32.2 Å². The fourth-order valence-corrected chi connectivity index (χ4v) is 2.65. The number of nitrogens with one attached hydrogen (secondary N) is 1. The van der Waals surface area contributed by atoms with E-state index < -0.39 is 0 Å². The van der Waals surface area contributed by atoms with E-state index in [-0.39, 0.29) is 0 Å². The van der Waals surface area contributed by atoms with E-state index in [9.17, 15) is 0 Å². The van der Waals surface area contributed by atoms with Gasteiger partial charge >= 0.3 is 0 Å². The van der Waals surface area contributed by atoms with Crippen LogP contribution in [0.5, 0.6) is 0 Å². The average molecular weight is 255 g/mol. The first-order valence-electron chi connectivity index (χ1n) is 7.18. The molecule has 3 nitrogen and oxygen atoms in total. The van der Waals surface area contributed by atoms with Gasteiger partial charge in [0, 0.05) is 17.6 Å². The third kappa shape index (κ3) is 2.87. The van der Waals surface area contributed by atoms with E-state index in [1.807, 2.05) is 30.3 Å². The molecule has 1 aliphatic carbocycles. The second-order valence-electron chi connectivity index (χ2n) is 5.48. The van der Waals surface area contributed by atoms with Gasteiger partial charge in [0.05, 0.1) is 11.2 Å². The monoisotopic (exact) mass is 255 g/mol. The molecule has 1 fully saturated rings. The van der Waals surface area contributed by atoms with Crippen molar-refractivity contribution in [3.05, 3.63) is 36.0 Å². The first-order valence-corrected chi connectivity index (χ1v) is 7.18. The van der Waals surface area contributed by atoms with Crippen LogP contribution in [0.4, 0.5) is 5.69 Å². The Morgan fingerprint density at radius 1 is 1.26 bits per heavy atom. The summed E-state index contributed by atoms with van der Waals surface area (Å²) in [6.07, 6.45) is 5.56. The van der Waals surface area contributed by atoms with E-state index in [2.05, 4.69) is 10.3 Å². The van der Waals surface area contributed by atoms with Gasteiger partial charge in [-0.05, 0) is 31.0 Å². The lowest BCUT2D eigenvalue weighted by molar-refractivity contribution is 0.292. The number of nitrogen functional groups attached to an aromatic ring is 1. The molecule has 0 radical (unpaired) electrons. The van der Waals surface area contributed by atoms with Gasteiger partial charge in [0.2, 0.25) is 0 Å². The summed E-state index contributed by atoms with van der Waals surface area (Å²) in [5.74, 6) is 0.960. The van der Waals surface area contributed by atoms with Crippen molar-refractivity contribution in [3.8, 4) is 0 Å². The van der Waals surface area contributed by atoms with Crippen molar-refractivity contribution >= 4 is 16.6 Å². The van der Waals surface area contributed by atoms with Crippen molar-refractivity contribution in [1.82, 2.24) is 10.3 Å². The molecule has 3 rings (SSSR count). The van der Waals surface area contributed by atoms with Crippen LogP contribution in [0.15, 0.2) is 30.3 Å². The van der Waals surface area contributed by atoms with Gasteiger partial charge in [-0.3, -0.25) is 4.98 Å². The number of para-hydroxylation sites is 1. The van der Waals surface area contributed by atoms with Crippen LogP contribution in [-0.2, 0) is 6.54 Å². The molecule has 1 heterocycles. The lowest BCUT2D eigenvalue weighted by Gasteiger charge is -2.25. The molecule has 0 spiro atoms. The van der Waals surface area contributed by atoms with E-state index in [0.717, 1.165) is 41.3 Å². The van der Waals surface area contributed by atoms with Crippen LogP contribution in [0, 0.1) is 5.92 Å². The second kappa shape index (κ2) is 5.57. The topological polar surface area (TPSA) is 50.9 Å². The molecule has 19 heavy (non-hydrogen) atoms. The van der Waals surface area contributed by atoms with Crippen molar-refractivity contribution in [3.63, 3.8) is 0 Å². The largest absolute Gasteiger partial charge is 0.398 e. The highest BCUT2D eigenvalue weighted by atomic mass is 14.9. The van der Waals surface area contributed by atoms with Crippen LogP contribution < -0.4 is 11.1 Å². The minimum atomic E-state index is 0.807. The van der Waals surface area contributed by atoms with Gasteiger partial charge in [-0.25, -0.2) is 0 Å². The first-order chi connectivity index (χ1) is 9.33. The van der Waals surface area contributed by atoms with Crippen molar-refractivity contribution in [2.24, 2.45) is 5.92 Å². The van der Waals surface area contributed by atoms with Gasteiger partial charge in [0.25, 0.3) is 0 Å². The van der Waals surface area contributed by atoms with E-state index >= 15 is 0 Å². The van der Waals surface area contributed by atoms with E-state index in [4.69, 9.17) is 5.73 Å². The quantitative estimate of drug-likeness (QED) is 0.807. The van der Waals surface area contributed by atoms with Gasteiger partial charge in [0.1, 0.15) is 0 Å². The van der Waals surface area contributed by atoms with Crippen LogP contribution in [0.1, 0.15) is 31.4 Å². The zero-order valence-electron chi connectivity index (χ0n) is 11.2. The average Bonchev–Trinajstić information content (AvgIpc) is 2.36. The highest BCUT2D eigenvalue weighted by Gasteiger charge is 2.16. The third-order valence-electron chi connectivity index (χ3n) is 4.06. The Bertz CT molecular complexity index is 561. The molecule has 3 N–H and O–H groups in total. The number of benzene rings is 1. The van der Waals surface area contributed by atoms with Crippen LogP contribution in [-0.4, -0.2) is 11.5 Å². The second-order valence-corrected chi connectivity index (χ2v) is 5.48. The summed E-state index contributed by atoms with van der Waals surface area (Å²) < 4.78 is 0. The van der Waals surface area contributed by atoms with Gasteiger partial charge in [0.15, 0.2) is 0 Å². The predicted octanol–water partition coefficient (Wildman–Crippen LogP) is 3.10. The van der Waals surface area contributed by atoms with Gasteiger partial charge in [-0.2, -0.15) is 0 Å². The molecule has 1 aromatic carbocycles. The van der Waals surface area contributed by atoms with E-state index in [0.29, 0.717) is 0 Å². The molecule has 0 bridgehead atoms. The fourth-order valence-electron chi connectivity index (χ4n) is 2.65. The van der Waals surface area contributed by atoms with Crippen LogP contribution in [0.2, 0.25) is 0 Å². The lowest BCUT2D eigenvalue weighted by atomic mass is 9.83. The number of hydrogen-bond acceptors (Lipinski definition) is 3. The maximum absolute atomic E-state index is 6.07. The maximum atomic E-state index is 6.07. The fraction of sp³-hybridized carbons (Fsp3) is 0.438. The van der Waals surface area contributed by atoms with Gasteiger partial charge < -0.3 is 11.1 Å². The molecule has 0 saturated heterocycles. The Hall–Kier alpha value is -1.61. The number of anilines is 1.